The van der Waals surface area contributed by atoms with Crippen LogP contribution >= 0.6 is 0 Å². The Kier molecular flexibility index (Phi) is 4.48. The van der Waals surface area contributed by atoms with Crippen LogP contribution in [-0.2, 0) is 22.2 Å². The number of benzene rings is 1. The summed E-state index contributed by atoms with van der Waals surface area (Å²) in [5, 5.41) is 5.52. The average molecular weight is 327 g/mol. The van der Waals surface area contributed by atoms with Gasteiger partial charge in [0.25, 0.3) is 5.91 Å². The first-order valence-corrected chi connectivity index (χ1v) is 6.48. The summed E-state index contributed by atoms with van der Waals surface area (Å²) in [7, 11) is 1.35. The summed E-state index contributed by atoms with van der Waals surface area (Å²) in [6.07, 6.45) is -4.81. The molecular formula is C14H12F3N3O3. The van der Waals surface area contributed by atoms with Crippen molar-refractivity contribution in [1.29, 1.82) is 0 Å². The number of amides is 1. The molecule has 0 bridgehead atoms. The molecule has 9 heteroatoms. The molecule has 6 nitrogen and oxygen atoms in total. The maximum Gasteiger partial charge on any atom is 0.471 e. The van der Waals surface area contributed by atoms with Crippen LogP contribution in [0.15, 0.2) is 22.7 Å². The minimum atomic E-state index is -4.71. The summed E-state index contributed by atoms with van der Waals surface area (Å²) < 4.78 is 41.5. The van der Waals surface area contributed by atoms with Gasteiger partial charge in [0.05, 0.1) is 0 Å². The van der Waals surface area contributed by atoms with Crippen LogP contribution in [0.4, 0.5) is 13.2 Å². The number of carbonyl (C=O) groups excluding carboxylic acids is 2. The number of hydrogen-bond donors (Lipinski definition) is 1. The lowest BCUT2D eigenvalue weighted by Crippen LogP contribution is -2.28. The lowest BCUT2D eigenvalue weighted by Gasteiger charge is -2.06. The van der Waals surface area contributed by atoms with Crippen molar-refractivity contribution in [2.75, 3.05) is 7.05 Å². The highest BCUT2D eigenvalue weighted by Crippen LogP contribution is 2.29. The molecule has 1 aromatic carbocycles. The summed E-state index contributed by atoms with van der Waals surface area (Å²) in [6.45, 7) is 1.67. The summed E-state index contributed by atoms with van der Waals surface area (Å²) in [6, 6.07) is 4.52. The van der Waals surface area contributed by atoms with Crippen molar-refractivity contribution in [3.05, 3.63) is 35.2 Å². The van der Waals surface area contributed by atoms with Gasteiger partial charge in [0.15, 0.2) is 0 Å². The number of likely N-dealkylation sites (N-methyl/N-ethyl adjacent to an activating group) is 1. The maximum absolute atomic E-state index is 12.4. The van der Waals surface area contributed by atoms with Crippen molar-refractivity contribution in [2.45, 2.75) is 19.5 Å². The van der Waals surface area contributed by atoms with E-state index in [2.05, 4.69) is 20.0 Å². The SMILES string of the molecule is CNC(=O)C(=O)Cc1ccc(-c2noc(C(F)(F)F)n2)cc1C. The number of aryl methyl sites for hydroxylation is 1. The lowest BCUT2D eigenvalue weighted by molar-refractivity contribution is -0.159. The van der Waals surface area contributed by atoms with Gasteiger partial charge in [0.2, 0.25) is 11.6 Å². The fourth-order valence-corrected chi connectivity index (χ4v) is 1.88. The molecule has 1 N–H and O–H groups in total. The standard InChI is InChI=1S/C14H12F3N3O3/c1-7-5-9(11-19-13(23-20-11)14(15,16)17)4-3-8(7)6-10(21)12(22)18-2/h3-5H,6H2,1-2H3,(H,18,22). The molecule has 0 aliphatic carbocycles. The Morgan fingerprint density at radius 3 is 2.52 bits per heavy atom. The Morgan fingerprint density at radius 2 is 2.00 bits per heavy atom. The van der Waals surface area contributed by atoms with Crippen LogP contribution in [0.25, 0.3) is 11.4 Å². The van der Waals surface area contributed by atoms with E-state index in [4.69, 9.17) is 0 Å². The lowest BCUT2D eigenvalue weighted by atomic mass is 10.00. The third-order valence-corrected chi connectivity index (χ3v) is 3.10. The third-order valence-electron chi connectivity index (χ3n) is 3.10. The van der Waals surface area contributed by atoms with E-state index in [9.17, 15) is 22.8 Å². The van der Waals surface area contributed by atoms with Gasteiger partial charge >= 0.3 is 12.1 Å². The van der Waals surface area contributed by atoms with Gasteiger partial charge in [0, 0.05) is 19.0 Å². The van der Waals surface area contributed by atoms with Gasteiger partial charge in [-0.2, -0.15) is 18.2 Å². The minimum Gasteiger partial charge on any atom is -0.353 e. The molecule has 0 aliphatic heterocycles. The maximum atomic E-state index is 12.4. The van der Waals surface area contributed by atoms with Crippen LogP contribution in [0.5, 0.6) is 0 Å². The number of Topliss-reactive ketones (excluding diaryl/α,β-unsaturated/α-hetero) is 1. The van der Waals surface area contributed by atoms with Crippen LogP contribution in [0.3, 0.4) is 0 Å². The van der Waals surface area contributed by atoms with E-state index in [1.165, 1.54) is 25.2 Å². The second-order valence-electron chi connectivity index (χ2n) is 4.74. The number of ketones is 1. The number of carbonyl (C=O) groups is 2. The first-order chi connectivity index (χ1) is 10.7. The van der Waals surface area contributed by atoms with Crippen LogP contribution < -0.4 is 5.32 Å². The van der Waals surface area contributed by atoms with Gasteiger partial charge in [-0.1, -0.05) is 17.3 Å². The van der Waals surface area contributed by atoms with Gasteiger partial charge in [-0.25, -0.2) is 0 Å². The number of rotatable bonds is 4. The van der Waals surface area contributed by atoms with Crippen molar-refractivity contribution in [3.8, 4) is 11.4 Å². The quantitative estimate of drug-likeness (QED) is 0.867. The second kappa shape index (κ2) is 6.19. The molecule has 2 aromatic rings. The van der Waals surface area contributed by atoms with Crippen molar-refractivity contribution >= 4 is 11.7 Å². The van der Waals surface area contributed by atoms with Gasteiger partial charge in [0.1, 0.15) is 0 Å². The van der Waals surface area contributed by atoms with Crippen molar-refractivity contribution in [2.24, 2.45) is 0 Å². The summed E-state index contributed by atoms with van der Waals surface area (Å²) in [4.78, 5) is 26.1. The number of halogens is 3. The number of aromatic nitrogens is 2. The molecule has 0 fully saturated rings. The van der Waals surface area contributed by atoms with Crippen LogP contribution in [0, 0.1) is 6.92 Å². The smallest absolute Gasteiger partial charge is 0.353 e. The molecule has 122 valence electrons. The molecule has 1 heterocycles. The van der Waals surface area contributed by atoms with E-state index in [1.807, 2.05) is 0 Å². The first kappa shape index (κ1) is 16.7. The van der Waals surface area contributed by atoms with E-state index in [1.54, 1.807) is 6.92 Å². The molecule has 0 aliphatic rings. The summed E-state index contributed by atoms with van der Waals surface area (Å²) in [5.41, 5.74) is 1.53. The molecule has 0 radical (unpaired) electrons. The molecule has 1 aromatic heterocycles. The molecule has 0 unspecified atom stereocenters. The zero-order valence-electron chi connectivity index (χ0n) is 12.2. The van der Waals surface area contributed by atoms with Gasteiger partial charge in [-0.15, -0.1) is 0 Å². The fourth-order valence-electron chi connectivity index (χ4n) is 1.88. The minimum absolute atomic E-state index is 0.105. The van der Waals surface area contributed by atoms with Crippen molar-refractivity contribution in [3.63, 3.8) is 0 Å². The fraction of sp³-hybridized carbons (Fsp3) is 0.286. The van der Waals surface area contributed by atoms with Gasteiger partial charge < -0.3 is 9.84 Å². The Labute approximate surface area is 128 Å². The zero-order chi connectivity index (χ0) is 17.2. The van der Waals surface area contributed by atoms with Gasteiger partial charge in [-0.3, -0.25) is 9.59 Å². The Morgan fingerprint density at radius 1 is 1.30 bits per heavy atom. The highest BCUT2D eigenvalue weighted by atomic mass is 19.4. The van der Waals surface area contributed by atoms with E-state index in [0.29, 0.717) is 16.7 Å². The van der Waals surface area contributed by atoms with Crippen molar-refractivity contribution < 1.29 is 27.3 Å². The third kappa shape index (κ3) is 3.74. The van der Waals surface area contributed by atoms with E-state index in [-0.39, 0.29) is 12.2 Å². The zero-order valence-corrected chi connectivity index (χ0v) is 12.2. The average Bonchev–Trinajstić information content (AvgIpc) is 2.98. The topological polar surface area (TPSA) is 85.1 Å². The predicted octanol–water partition coefficient (Wildman–Crippen LogP) is 1.92. The van der Waals surface area contributed by atoms with Gasteiger partial charge in [-0.05, 0) is 24.1 Å². The highest BCUT2D eigenvalue weighted by molar-refractivity contribution is 6.36. The Bertz CT molecular complexity index is 753. The monoisotopic (exact) mass is 327 g/mol. The van der Waals surface area contributed by atoms with Crippen molar-refractivity contribution in [1.82, 2.24) is 15.5 Å². The normalized spacial score (nSPS) is 11.3. The molecule has 2 rings (SSSR count). The van der Waals surface area contributed by atoms with Crippen LogP contribution in [0.2, 0.25) is 0 Å². The second-order valence-corrected chi connectivity index (χ2v) is 4.74. The molecule has 0 atom stereocenters. The number of alkyl halides is 3. The first-order valence-electron chi connectivity index (χ1n) is 6.48. The van der Waals surface area contributed by atoms with E-state index < -0.39 is 23.8 Å². The van der Waals surface area contributed by atoms with Crippen LogP contribution in [0.1, 0.15) is 17.0 Å². The summed E-state index contributed by atoms with van der Waals surface area (Å²) >= 11 is 0. The summed E-state index contributed by atoms with van der Waals surface area (Å²) in [5.74, 6) is -2.95. The van der Waals surface area contributed by atoms with E-state index >= 15 is 0 Å². The highest BCUT2D eigenvalue weighted by Gasteiger charge is 2.38. The number of nitrogens with zero attached hydrogens (tertiary/aromatic N) is 2. The predicted molar refractivity (Wildman–Crippen MR) is 72.3 cm³/mol. The molecule has 0 saturated carbocycles. The molecule has 0 spiro atoms. The number of hydrogen-bond acceptors (Lipinski definition) is 5. The van der Waals surface area contributed by atoms with Crippen LogP contribution in [-0.4, -0.2) is 28.9 Å². The Balaban J connectivity index is 2.24. The largest absolute Gasteiger partial charge is 0.471 e. The molecular weight excluding hydrogens is 315 g/mol. The number of nitrogens with one attached hydrogen (secondary N) is 1. The van der Waals surface area contributed by atoms with E-state index in [0.717, 1.165) is 0 Å². The molecule has 0 saturated heterocycles. The molecule has 23 heavy (non-hydrogen) atoms. The Hall–Kier alpha value is -2.71. The molecule has 1 amide bonds.